The second kappa shape index (κ2) is 11.5. The van der Waals surface area contributed by atoms with Crippen molar-refractivity contribution in [3.8, 4) is 0 Å². The van der Waals surface area contributed by atoms with E-state index < -0.39 is 54.9 Å². The first-order valence-corrected chi connectivity index (χ1v) is 7.64. The summed E-state index contributed by atoms with van der Waals surface area (Å²) in [5.74, 6) is -3.10. The Labute approximate surface area is 152 Å². The maximum atomic E-state index is 11.4. The molecule has 142 valence electrons. The zero-order valence-corrected chi connectivity index (χ0v) is 15.6. The van der Waals surface area contributed by atoms with Gasteiger partial charge in [-0.1, -0.05) is 0 Å². The van der Waals surface area contributed by atoms with Crippen molar-refractivity contribution in [2.45, 2.75) is 52.1 Å². The third kappa shape index (κ3) is 9.15. The number of hydrogen-bond donors (Lipinski definition) is 0. The van der Waals surface area contributed by atoms with Crippen LogP contribution in [-0.4, -0.2) is 61.2 Å². The van der Waals surface area contributed by atoms with Crippen LogP contribution in [0.5, 0.6) is 0 Å². The van der Waals surface area contributed by atoms with E-state index in [1.54, 1.807) is 0 Å². The van der Waals surface area contributed by atoms with Crippen LogP contribution in [-0.2, 0) is 46.7 Å². The van der Waals surface area contributed by atoms with Crippen molar-refractivity contribution in [2.75, 3.05) is 6.61 Å². The molecule has 10 nitrogen and oxygen atoms in total. The van der Waals surface area contributed by atoms with Crippen molar-refractivity contribution in [3.05, 3.63) is 0 Å². The third-order valence-electron chi connectivity index (χ3n) is 2.62. The van der Waals surface area contributed by atoms with Crippen LogP contribution in [0.4, 0.5) is 0 Å². The van der Waals surface area contributed by atoms with Crippen LogP contribution in [0, 0.1) is 0 Å². The molecule has 0 amide bonds. The van der Waals surface area contributed by atoms with E-state index in [0.29, 0.717) is 0 Å². The number of carbonyl (C=O) groups excluding carboxylic acids is 5. The Morgan fingerprint density at radius 1 is 0.840 bits per heavy atom. The molecule has 4 atom stereocenters. The van der Waals surface area contributed by atoms with Gasteiger partial charge >= 0.3 is 23.9 Å². The lowest BCUT2D eigenvalue weighted by Crippen LogP contribution is -2.52. The van der Waals surface area contributed by atoms with E-state index in [9.17, 15) is 24.0 Å². The van der Waals surface area contributed by atoms with Crippen LogP contribution in [0.2, 0.25) is 0 Å². The minimum absolute atomic E-state index is 0.287. The molecule has 0 aliphatic heterocycles. The van der Waals surface area contributed by atoms with Crippen molar-refractivity contribution < 1.29 is 46.7 Å². The molecule has 0 saturated heterocycles. The predicted octanol–water partition coefficient (Wildman–Crippen LogP) is 0.239. The molecule has 11 heteroatoms. The maximum absolute atomic E-state index is 11.4. The molecule has 0 aromatic heterocycles. The van der Waals surface area contributed by atoms with Gasteiger partial charge in [0.1, 0.15) is 6.61 Å². The molecule has 0 heterocycles. The van der Waals surface area contributed by atoms with Crippen molar-refractivity contribution in [1.82, 2.24) is 0 Å². The van der Waals surface area contributed by atoms with Crippen LogP contribution >= 0.6 is 16.3 Å². The highest BCUT2D eigenvalue weighted by Gasteiger charge is 2.43. The lowest BCUT2D eigenvalue weighted by atomic mass is 10.0. The highest BCUT2D eigenvalue weighted by molar-refractivity contribution is 9.06. The summed E-state index contributed by atoms with van der Waals surface area (Å²) in [5.41, 5.74) is 0. The first kappa shape index (κ1) is 23.0. The molecule has 0 aromatic carbocycles. The first-order chi connectivity index (χ1) is 11.6. The van der Waals surface area contributed by atoms with Gasteiger partial charge in [-0.15, -0.1) is 0 Å². The minimum Gasteiger partial charge on any atom is -0.462 e. The Kier molecular flexibility index (Phi) is 10.6. The molecule has 0 saturated carbocycles. The van der Waals surface area contributed by atoms with Gasteiger partial charge in [0.05, 0.1) is 16.3 Å². The Hall–Kier alpha value is -2.01. The molecule has 0 N–H and O–H groups in total. The Morgan fingerprint density at radius 3 is 1.68 bits per heavy atom. The number of halogens is 1. The normalized spacial score (nSPS) is 15.1. The standard InChI is InChI=1S/C14H19BrO10/c1-7(17)21-6-12(22-8(2)18)14(24-10(4)20)13(23-9(3)19)11(5-16)25-15/h5,11-14H,6H2,1-4H3/t11-,12+,13+,14-/m0/s1. The smallest absolute Gasteiger partial charge is 0.303 e. The van der Waals surface area contributed by atoms with Gasteiger partial charge in [0.15, 0.2) is 30.7 Å². The topological polar surface area (TPSA) is 132 Å². The highest BCUT2D eigenvalue weighted by Crippen LogP contribution is 2.20. The van der Waals surface area contributed by atoms with Gasteiger partial charge in [-0.3, -0.25) is 23.0 Å². The van der Waals surface area contributed by atoms with E-state index in [2.05, 4.69) is 16.3 Å². The van der Waals surface area contributed by atoms with E-state index in [1.807, 2.05) is 0 Å². The molecule has 0 aromatic rings. The van der Waals surface area contributed by atoms with Gasteiger partial charge in [-0.05, 0) is 0 Å². The Bertz CT molecular complexity index is 506. The first-order valence-electron chi connectivity index (χ1n) is 7.00. The van der Waals surface area contributed by atoms with Crippen LogP contribution in [0.3, 0.4) is 0 Å². The summed E-state index contributed by atoms with van der Waals surface area (Å²) >= 11 is 2.61. The molecule has 0 spiro atoms. The molecule has 0 radical (unpaired) electrons. The van der Waals surface area contributed by atoms with Crippen molar-refractivity contribution >= 4 is 46.4 Å². The quantitative estimate of drug-likeness (QED) is 0.271. The van der Waals surface area contributed by atoms with Gasteiger partial charge in [0, 0.05) is 27.7 Å². The maximum Gasteiger partial charge on any atom is 0.303 e. The Morgan fingerprint density at radius 2 is 1.32 bits per heavy atom. The largest absolute Gasteiger partial charge is 0.462 e. The van der Waals surface area contributed by atoms with Crippen molar-refractivity contribution in [2.24, 2.45) is 0 Å². The van der Waals surface area contributed by atoms with E-state index in [0.717, 1.165) is 27.7 Å². The van der Waals surface area contributed by atoms with E-state index >= 15 is 0 Å². The fourth-order valence-corrected chi connectivity index (χ4v) is 2.12. The van der Waals surface area contributed by atoms with E-state index in [1.165, 1.54) is 0 Å². The summed E-state index contributed by atoms with van der Waals surface area (Å²) in [4.78, 5) is 56.3. The van der Waals surface area contributed by atoms with Crippen molar-refractivity contribution in [1.29, 1.82) is 0 Å². The minimum atomic E-state index is -1.47. The average molecular weight is 427 g/mol. The number of aldehydes is 1. The molecule has 0 bridgehead atoms. The number of ether oxygens (including phenoxy) is 4. The summed E-state index contributed by atoms with van der Waals surface area (Å²) < 4.78 is 24.5. The monoisotopic (exact) mass is 426 g/mol. The lowest BCUT2D eigenvalue weighted by Gasteiger charge is -2.33. The third-order valence-corrected chi connectivity index (χ3v) is 3.05. The summed E-state index contributed by atoms with van der Waals surface area (Å²) in [6.07, 6.45) is -5.41. The zero-order chi connectivity index (χ0) is 19.6. The molecule has 0 rings (SSSR count). The summed E-state index contributed by atoms with van der Waals surface area (Å²) in [6.45, 7) is 3.80. The molecule has 0 unspecified atom stereocenters. The van der Waals surface area contributed by atoms with Crippen LogP contribution in [0.1, 0.15) is 27.7 Å². The fourth-order valence-electron chi connectivity index (χ4n) is 1.82. The number of esters is 4. The van der Waals surface area contributed by atoms with Gasteiger partial charge in [0.25, 0.3) is 0 Å². The van der Waals surface area contributed by atoms with Crippen LogP contribution < -0.4 is 0 Å². The second-order valence-corrected chi connectivity index (χ2v) is 5.16. The average Bonchev–Trinajstić information content (AvgIpc) is 2.48. The summed E-state index contributed by atoms with van der Waals surface area (Å²) in [6, 6.07) is 0. The molecular formula is C14H19BrO10. The zero-order valence-electron chi connectivity index (χ0n) is 14.1. The number of carbonyl (C=O) groups is 5. The van der Waals surface area contributed by atoms with Crippen molar-refractivity contribution in [3.63, 3.8) is 0 Å². The molecule has 0 aliphatic rings. The molecule has 0 aliphatic carbocycles. The van der Waals surface area contributed by atoms with Gasteiger partial charge in [-0.2, -0.15) is 0 Å². The van der Waals surface area contributed by atoms with E-state index in [4.69, 9.17) is 22.8 Å². The number of rotatable bonds is 10. The van der Waals surface area contributed by atoms with Crippen LogP contribution in [0.15, 0.2) is 0 Å². The second-order valence-electron chi connectivity index (χ2n) is 4.79. The van der Waals surface area contributed by atoms with Gasteiger partial charge in [-0.25, -0.2) is 0 Å². The SMILES string of the molecule is CC(=O)OC[C@@H](OC(C)=O)[C@H](OC(C)=O)[C@H](OC(C)=O)[C@H](C=O)OBr. The highest BCUT2D eigenvalue weighted by atomic mass is 79.9. The Balaban J connectivity index is 5.80. The van der Waals surface area contributed by atoms with E-state index in [-0.39, 0.29) is 6.29 Å². The molecular weight excluding hydrogens is 408 g/mol. The summed E-state index contributed by atoms with van der Waals surface area (Å²) in [7, 11) is 0. The predicted molar refractivity (Wildman–Crippen MR) is 83.2 cm³/mol. The number of hydrogen-bond acceptors (Lipinski definition) is 10. The van der Waals surface area contributed by atoms with Gasteiger partial charge < -0.3 is 23.7 Å². The molecule has 25 heavy (non-hydrogen) atoms. The van der Waals surface area contributed by atoms with Crippen LogP contribution in [0.25, 0.3) is 0 Å². The molecule has 0 fully saturated rings. The lowest BCUT2D eigenvalue weighted by molar-refractivity contribution is -0.195. The summed E-state index contributed by atoms with van der Waals surface area (Å²) in [5, 5.41) is 0. The fraction of sp³-hybridized carbons (Fsp3) is 0.643. The van der Waals surface area contributed by atoms with Gasteiger partial charge in [0.2, 0.25) is 0 Å².